The highest BCUT2D eigenvalue weighted by Crippen LogP contribution is 2.27. The second-order valence-electron chi connectivity index (χ2n) is 5.77. The van der Waals surface area contributed by atoms with E-state index in [9.17, 15) is 4.39 Å². The monoisotopic (exact) mass is 276 g/mol. The highest BCUT2D eigenvalue weighted by molar-refractivity contribution is 6.17. The van der Waals surface area contributed by atoms with E-state index >= 15 is 0 Å². The number of alkyl halides is 1. The lowest BCUT2D eigenvalue weighted by atomic mass is 9.86. The van der Waals surface area contributed by atoms with Crippen molar-refractivity contribution in [3.05, 3.63) is 59.4 Å². The first kappa shape index (κ1) is 14.1. The molecule has 0 aliphatic carbocycles. The van der Waals surface area contributed by atoms with E-state index in [1.807, 2.05) is 18.2 Å². The predicted molar refractivity (Wildman–Crippen MR) is 80.1 cm³/mol. The summed E-state index contributed by atoms with van der Waals surface area (Å²) in [7, 11) is 0. The number of hydrogen-bond acceptors (Lipinski definition) is 0. The third-order valence-electron chi connectivity index (χ3n) is 3.28. The van der Waals surface area contributed by atoms with Crippen LogP contribution < -0.4 is 0 Å². The summed E-state index contributed by atoms with van der Waals surface area (Å²) in [5.74, 6) is -0.0397. The standard InChI is InChI=1S/C17H18ClF/c1-17(2,3)15-8-6-12(7-9-15)13-4-5-14(11-18)16(19)10-13/h4-10H,11H2,1-3H3. The highest BCUT2D eigenvalue weighted by Gasteiger charge is 2.13. The van der Waals surface area contributed by atoms with Gasteiger partial charge in [0.15, 0.2) is 0 Å². The summed E-state index contributed by atoms with van der Waals surface area (Å²) in [6, 6.07) is 13.5. The van der Waals surface area contributed by atoms with Crippen LogP contribution >= 0.6 is 11.6 Å². The second-order valence-corrected chi connectivity index (χ2v) is 6.03. The van der Waals surface area contributed by atoms with Gasteiger partial charge < -0.3 is 0 Å². The van der Waals surface area contributed by atoms with Gasteiger partial charge in [-0.15, -0.1) is 11.6 Å². The average molecular weight is 277 g/mol. The molecular weight excluding hydrogens is 259 g/mol. The molecule has 0 atom stereocenters. The quantitative estimate of drug-likeness (QED) is 0.633. The van der Waals surface area contributed by atoms with Crippen molar-refractivity contribution in [1.82, 2.24) is 0 Å². The van der Waals surface area contributed by atoms with Crippen molar-refractivity contribution in [3.63, 3.8) is 0 Å². The Bertz CT molecular complexity index is 565. The molecule has 19 heavy (non-hydrogen) atoms. The second kappa shape index (κ2) is 5.34. The molecule has 0 aliphatic rings. The summed E-state index contributed by atoms with van der Waals surface area (Å²) >= 11 is 5.66. The molecular formula is C17H18ClF. The minimum Gasteiger partial charge on any atom is -0.207 e. The van der Waals surface area contributed by atoms with Crippen molar-refractivity contribution in [3.8, 4) is 11.1 Å². The van der Waals surface area contributed by atoms with E-state index in [0.29, 0.717) is 5.56 Å². The molecule has 0 saturated carbocycles. The van der Waals surface area contributed by atoms with Crippen LogP contribution in [0.1, 0.15) is 31.9 Å². The third kappa shape index (κ3) is 3.16. The molecule has 0 bridgehead atoms. The van der Waals surface area contributed by atoms with Gasteiger partial charge in [0.05, 0.1) is 5.88 Å². The van der Waals surface area contributed by atoms with Crippen LogP contribution in [-0.4, -0.2) is 0 Å². The maximum absolute atomic E-state index is 13.7. The van der Waals surface area contributed by atoms with E-state index < -0.39 is 0 Å². The molecule has 0 N–H and O–H groups in total. The van der Waals surface area contributed by atoms with E-state index in [1.165, 1.54) is 5.56 Å². The Hall–Kier alpha value is -1.34. The number of halogens is 2. The minimum absolute atomic E-state index is 0.131. The average Bonchev–Trinajstić information content (AvgIpc) is 2.38. The van der Waals surface area contributed by atoms with Crippen LogP contribution in [0, 0.1) is 5.82 Å². The first-order chi connectivity index (χ1) is 8.91. The van der Waals surface area contributed by atoms with Crippen LogP contribution in [0.5, 0.6) is 0 Å². The van der Waals surface area contributed by atoms with Crippen LogP contribution in [0.4, 0.5) is 4.39 Å². The summed E-state index contributed by atoms with van der Waals surface area (Å²) < 4.78 is 13.7. The van der Waals surface area contributed by atoms with Gasteiger partial charge in [0.1, 0.15) is 5.82 Å². The van der Waals surface area contributed by atoms with Crippen molar-refractivity contribution in [2.45, 2.75) is 32.1 Å². The van der Waals surface area contributed by atoms with Gasteiger partial charge in [0.25, 0.3) is 0 Å². The van der Waals surface area contributed by atoms with Crippen LogP contribution in [0.3, 0.4) is 0 Å². The molecule has 0 nitrogen and oxygen atoms in total. The zero-order chi connectivity index (χ0) is 14.0. The zero-order valence-corrected chi connectivity index (χ0v) is 12.3. The van der Waals surface area contributed by atoms with E-state index in [2.05, 4.69) is 32.9 Å². The van der Waals surface area contributed by atoms with E-state index in [1.54, 1.807) is 12.1 Å². The van der Waals surface area contributed by atoms with Crippen molar-refractivity contribution in [2.75, 3.05) is 0 Å². The fourth-order valence-electron chi connectivity index (χ4n) is 2.00. The van der Waals surface area contributed by atoms with Crippen molar-refractivity contribution >= 4 is 11.6 Å². The van der Waals surface area contributed by atoms with Crippen LogP contribution in [0.2, 0.25) is 0 Å². The Balaban J connectivity index is 2.35. The number of hydrogen-bond donors (Lipinski definition) is 0. The van der Waals surface area contributed by atoms with Gasteiger partial charge in [-0.25, -0.2) is 4.39 Å². The molecule has 100 valence electrons. The fraction of sp³-hybridized carbons (Fsp3) is 0.294. The lowest BCUT2D eigenvalue weighted by Gasteiger charge is -2.19. The minimum atomic E-state index is -0.243. The normalized spacial score (nSPS) is 11.6. The Morgan fingerprint density at radius 2 is 1.53 bits per heavy atom. The molecule has 0 aromatic heterocycles. The molecule has 0 fully saturated rings. The maximum atomic E-state index is 13.7. The van der Waals surface area contributed by atoms with Gasteiger partial charge in [-0.1, -0.05) is 57.2 Å². The van der Waals surface area contributed by atoms with E-state index in [0.717, 1.165) is 11.1 Å². The highest BCUT2D eigenvalue weighted by atomic mass is 35.5. The molecule has 2 rings (SSSR count). The number of benzene rings is 2. The number of rotatable bonds is 2. The van der Waals surface area contributed by atoms with E-state index in [4.69, 9.17) is 11.6 Å². The molecule has 0 spiro atoms. The summed E-state index contributed by atoms with van der Waals surface area (Å²) in [5.41, 5.74) is 3.84. The van der Waals surface area contributed by atoms with Crippen molar-refractivity contribution < 1.29 is 4.39 Å². The van der Waals surface area contributed by atoms with Crippen LogP contribution in [0.15, 0.2) is 42.5 Å². The van der Waals surface area contributed by atoms with Crippen molar-refractivity contribution in [2.24, 2.45) is 0 Å². The summed E-state index contributed by atoms with van der Waals surface area (Å²) in [6.45, 7) is 6.53. The molecule has 2 heteroatoms. The maximum Gasteiger partial charge on any atom is 0.128 e. The lowest BCUT2D eigenvalue weighted by molar-refractivity contribution is 0.590. The van der Waals surface area contributed by atoms with Crippen LogP contribution in [0.25, 0.3) is 11.1 Å². The van der Waals surface area contributed by atoms with Gasteiger partial charge >= 0.3 is 0 Å². The Labute approximate surface area is 119 Å². The van der Waals surface area contributed by atoms with Crippen molar-refractivity contribution in [1.29, 1.82) is 0 Å². The third-order valence-corrected chi connectivity index (χ3v) is 3.57. The molecule has 0 unspecified atom stereocenters. The molecule has 2 aromatic carbocycles. The Morgan fingerprint density at radius 1 is 0.947 bits per heavy atom. The Morgan fingerprint density at radius 3 is 2.00 bits per heavy atom. The summed E-state index contributed by atoms with van der Waals surface area (Å²) in [5, 5.41) is 0. The smallest absolute Gasteiger partial charge is 0.128 e. The molecule has 0 saturated heterocycles. The fourth-order valence-corrected chi connectivity index (χ4v) is 2.21. The molecule has 0 radical (unpaired) electrons. The summed E-state index contributed by atoms with van der Waals surface area (Å²) in [4.78, 5) is 0. The van der Waals surface area contributed by atoms with E-state index in [-0.39, 0.29) is 17.1 Å². The van der Waals surface area contributed by atoms with Gasteiger partial charge in [0.2, 0.25) is 0 Å². The predicted octanol–water partition coefficient (Wildman–Crippen LogP) is 5.53. The van der Waals surface area contributed by atoms with Gasteiger partial charge in [0, 0.05) is 5.56 Å². The SMILES string of the molecule is CC(C)(C)c1ccc(-c2ccc(CCl)c(F)c2)cc1. The molecule has 2 aromatic rings. The first-order valence-corrected chi connectivity index (χ1v) is 6.90. The van der Waals surface area contributed by atoms with Gasteiger partial charge in [-0.2, -0.15) is 0 Å². The largest absolute Gasteiger partial charge is 0.207 e. The van der Waals surface area contributed by atoms with Gasteiger partial charge in [-0.3, -0.25) is 0 Å². The summed E-state index contributed by atoms with van der Waals surface area (Å²) in [6.07, 6.45) is 0. The van der Waals surface area contributed by atoms with Crippen LogP contribution in [-0.2, 0) is 11.3 Å². The van der Waals surface area contributed by atoms with Gasteiger partial charge in [-0.05, 0) is 28.2 Å². The lowest BCUT2D eigenvalue weighted by Crippen LogP contribution is -2.10. The zero-order valence-electron chi connectivity index (χ0n) is 11.5. The first-order valence-electron chi connectivity index (χ1n) is 6.37. The molecule has 0 heterocycles. The Kier molecular flexibility index (Phi) is 3.96. The molecule has 0 aliphatic heterocycles. The topological polar surface area (TPSA) is 0 Å². The molecule has 0 amide bonds.